The van der Waals surface area contributed by atoms with Crippen LogP contribution in [0.4, 0.5) is 5.69 Å². The third-order valence-corrected chi connectivity index (χ3v) is 2.33. The lowest BCUT2D eigenvalue weighted by atomic mass is 10.2. The van der Waals surface area contributed by atoms with Crippen molar-refractivity contribution in [2.24, 2.45) is 4.99 Å². The molecular weight excluding hydrogens is 244 g/mol. The predicted octanol–water partition coefficient (Wildman–Crippen LogP) is 2.68. The smallest absolute Gasteiger partial charge is 0.119 e. The summed E-state index contributed by atoms with van der Waals surface area (Å²) in [6.07, 6.45) is 1.72. The van der Waals surface area contributed by atoms with Crippen LogP contribution >= 0.6 is 15.9 Å². The van der Waals surface area contributed by atoms with E-state index in [9.17, 15) is 5.11 Å². The lowest BCUT2D eigenvalue weighted by molar-refractivity contribution is 0.471. The highest BCUT2D eigenvalue weighted by molar-refractivity contribution is 9.10. The van der Waals surface area contributed by atoms with E-state index in [1.807, 2.05) is 32.0 Å². The van der Waals surface area contributed by atoms with Gasteiger partial charge in [0.15, 0.2) is 0 Å². The number of hydrogen-bond acceptors (Lipinski definition) is 2. The fourth-order valence-electron chi connectivity index (χ4n) is 0.932. The minimum Gasteiger partial charge on any atom is -0.508 e. The van der Waals surface area contributed by atoms with Gasteiger partial charge < -0.3 is 10.0 Å². The zero-order valence-corrected chi connectivity index (χ0v) is 10.0. The summed E-state index contributed by atoms with van der Waals surface area (Å²) in [7, 11) is 3.81. The molecule has 0 aliphatic carbocycles. The lowest BCUT2D eigenvalue weighted by Crippen LogP contribution is -2.06. The Labute approximate surface area is 92.2 Å². The average Bonchev–Trinajstić information content (AvgIpc) is 2.09. The van der Waals surface area contributed by atoms with E-state index < -0.39 is 0 Å². The van der Waals surface area contributed by atoms with Crippen LogP contribution in [0.1, 0.15) is 5.56 Å². The van der Waals surface area contributed by atoms with Crippen molar-refractivity contribution in [3.8, 4) is 5.75 Å². The van der Waals surface area contributed by atoms with E-state index in [-0.39, 0.29) is 5.75 Å². The number of aromatic hydroxyl groups is 1. The summed E-state index contributed by atoms with van der Waals surface area (Å²) in [5.41, 5.74) is 1.63. The van der Waals surface area contributed by atoms with Crippen LogP contribution in [0, 0.1) is 6.92 Å². The van der Waals surface area contributed by atoms with Gasteiger partial charge in [-0.15, -0.1) is 0 Å². The standard InChI is InChI=1S/C10H13BrN2O/c1-7-4-9(12-6-13(2)3)8(11)5-10(7)14/h4-6,14H,1-3H3. The minimum absolute atomic E-state index is 0.278. The Morgan fingerprint density at radius 2 is 2.07 bits per heavy atom. The molecule has 1 aromatic rings. The van der Waals surface area contributed by atoms with E-state index >= 15 is 0 Å². The molecule has 0 aliphatic rings. The van der Waals surface area contributed by atoms with E-state index in [0.29, 0.717) is 0 Å². The quantitative estimate of drug-likeness (QED) is 0.653. The van der Waals surface area contributed by atoms with Gasteiger partial charge in [-0.1, -0.05) is 0 Å². The average molecular weight is 257 g/mol. The first-order valence-corrected chi connectivity index (χ1v) is 4.99. The van der Waals surface area contributed by atoms with Gasteiger partial charge in [0.25, 0.3) is 0 Å². The van der Waals surface area contributed by atoms with Crippen molar-refractivity contribution < 1.29 is 5.11 Å². The lowest BCUT2D eigenvalue weighted by Gasteiger charge is -2.05. The fraction of sp³-hybridized carbons (Fsp3) is 0.300. The molecule has 0 aromatic heterocycles. The Morgan fingerprint density at radius 1 is 1.43 bits per heavy atom. The van der Waals surface area contributed by atoms with Gasteiger partial charge in [-0.2, -0.15) is 0 Å². The van der Waals surface area contributed by atoms with Crippen LogP contribution < -0.4 is 0 Å². The molecule has 0 aliphatic heterocycles. The van der Waals surface area contributed by atoms with Crippen molar-refractivity contribution in [2.75, 3.05) is 14.1 Å². The molecule has 0 atom stereocenters. The number of nitrogens with zero attached hydrogens (tertiary/aromatic N) is 2. The number of phenolic OH excluding ortho intramolecular Hbond substituents is 1. The number of rotatable bonds is 2. The zero-order valence-electron chi connectivity index (χ0n) is 8.45. The number of hydrogen-bond donors (Lipinski definition) is 1. The van der Waals surface area contributed by atoms with Crippen molar-refractivity contribution >= 4 is 28.0 Å². The summed E-state index contributed by atoms with van der Waals surface area (Å²) < 4.78 is 0.790. The molecular formula is C10H13BrN2O. The Bertz CT molecular complexity index is 361. The third-order valence-electron chi connectivity index (χ3n) is 1.69. The molecule has 1 rings (SSSR count). The second kappa shape index (κ2) is 4.46. The Kier molecular flexibility index (Phi) is 3.52. The first-order valence-electron chi connectivity index (χ1n) is 4.20. The van der Waals surface area contributed by atoms with E-state index in [1.54, 1.807) is 12.4 Å². The monoisotopic (exact) mass is 256 g/mol. The third kappa shape index (κ3) is 2.73. The van der Waals surface area contributed by atoms with Gasteiger partial charge >= 0.3 is 0 Å². The molecule has 1 N–H and O–H groups in total. The van der Waals surface area contributed by atoms with Crippen molar-refractivity contribution in [3.05, 3.63) is 22.2 Å². The molecule has 0 heterocycles. The second-order valence-corrected chi connectivity index (χ2v) is 4.15. The highest BCUT2D eigenvalue weighted by Crippen LogP contribution is 2.31. The molecule has 4 heteroatoms. The Morgan fingerprint density at radius 3 is 2.64 bits per heavy atom. The molecule has 0 radical (unpaired) electrons. The molecule has 0 amide bonds. The molecule has 0 unspecified atom stereocenters. The Hall–Kier alpha value is -1.03. The topological polar surface area (TPSA) is 35.8 Å². The van der Waals surface area contributed by atoms with Crippen molar-refractivity contribution in [3.63, 3.8) is 0 Å². The molecule has 0 fully saturated rings. The summed E-state index contributed by atoms with van der Waals surface area (Å²) in [6.45, 7) is 1.84. The van der Waals surface area contributed by atoms with Gasteiger partial charge in [-0.3, -0.25) is 0 Å². The van der Waals surface area contributed by atoms with Crippen LogP contribution in [-0.4, -0.2) is 30.4 Å². The molecule has 1 aromatic carbocycles. The first kappa shape index (κ1) is 11.0. The van der Waals surface area contributed by atoms with Crippen molar-refractivity contribution in [1.82, 2.24) is 4.90 Å². The molecule has 76 valence electrons. The number of aliphatic imine (C=N–C) groups is 1. The van der Waals surface area contributed by atoms with E-state index in [0.717, 1.165) is 15.7 Å². The van der Waals surface area contributed by atoms with Crippen LogP contribution in [0.25, 0.3) is 0 Å². The van der Waals surface area contributed by atoms with Gasteiger partial charge in [0.2, 0.25) is 0 Å². The highest BCUT2D eigenvalue weighted by atomic mass is 79.9. The Balaban J connectivity index is 3.04. The molecule has 0 saturated heterocycles. The van der Waals surface area contributed by atoms with Crippen molar-refractivity contribution in [2.45, 2.75) is 6.92 Å². The maximum absolute atomic E-state index is 9.41. The first-order chi connectivity index (χ1) is 6.50. The summed E-state index contributed by atoms with van der Waals surface area (Å²) in [5, 5.41) is 9.41. The summed E-state index contributed by atoms with van der Waals surface area (Å²) >= 11 is 3.34. The SMILES string of the molecule is Cc1cc(N=CN(C)C)c(Br)cc1O. The second-order valence-electron chi connectivity index (χ2n) is 3.30. The minimum atomic E-state index is 0.278. The normalized spacial score (nSPS) is 10.9. The number of halogens is 1. The molecule has 0 bridgehead atoms. The van der Waals surface area contributed by atoms with E-state index in [4.69, 9.17) is 0 Å². The number of aryl methyl sites for hydroxylation is 1. The van der Waals surface area contributed by atoms with Gasteiger partial charge in [0.1, 0.15) is 5.75 Å². The maximum atomic E-state index is 9.41. The zero-order chi connectivity index (χ0) is 10.7. The highest BCUT2D eigenvalue weighted by Gasteiger charge is 2.02. The van der Waals surface area contributed by atoms with Crippen molar-refractivity contribution in [1.29, 1.82) is 0 Å². The maximum Gasteiger partial charge on any atom is 0.119 e. The number of benzene rings is 1. The molecule has 14 heavy (non-hydrogen) atoms. The van der Waals surface area contributed by atoms with E-state index in [1.165, 1.54) is 0 Å². The van der Waals surface area contributed by atoms with Gasteiger partial charge in [-0.25, -0.2) is 4.99 Å². The van der Waals surface area contributed by atoms with Gasteiger partial charge in [0.05, 0.1) is 12.0 Å². The predicted molar refractivity (Wildman–Crippen MR) is 62.4 cm³/mol. The summed E-state index contributed by atoms with van der Waals surface area (Å²) in [4.78, 5) is 6.11. The van der Waals surface area contributed by atoms with Gasteiger partial charge in [-0.05, 0) is 40.5 Å². The van der Waals surface area contributed by atoms with Crippen LogP contribution in [0.15, 0.2) is 21.6 Å². The number of phenols is 1. The molecule has 0 spiro atoms. The fourth-order valence-corrected chi connectivity index (χ4v) is 1.37. The summed E-state index contributed by atoms with van der Waals surface area (Å²) in [5.74, 6) is 0.278. The molecule has 0 saturated carbocycles. The van der Waals surface area contributed by atoms with Crippen LogP contribution in [0.2, 0.25) is 0 Å². The largest absolute Gasteiger partial charge is 0.508 e. The van der Waals surface area contributed by atoms with Gasteiger partial charge in [0, 0.05) is 18.6 Å². The van der Waals surface area contributed by atoms with Crippen LogP contribution in [-0.2, 0) is 0 Å². The van der Waals surface area contributed by atoms with E-state index in [2.05, 4.69) is 20.9 Å². The molecule has 3 nitrogen and oxygen atoms in total. The van der Waals surface area contributed by atoms with Crippen LogP contribution in [0.5, 0.6) is 5.75 Å². The van der Waals surface area contributed by atoms with Crippen LogP contribution in [0.3, 0.4) is 0 Å². The summed E-state index contributed by atoms with van der Waals surface area (Å²) in [6, 6.07) is 3.48.